The van der Waals surface area contributed by atoms with E-state index in [-0.39, 0.29) is 0 Å². The van der Waals surface area contributed by atoms with Crippen LogP contribution in [0.2, 0.25) is 0 Å². The second-order valence-electron chi connectivity index (χ2n) is 5.99. The van der Waals surface area contributed by atoms with Gasteiger partial charge in [-0.25, -0.2) is 14.2 Å². The third kappa shape index (κ3) is 4.39. The van der Waals surface area contributed by atoms with E-state index in [1.807, 2.05) is 0 Å². The maximum absolute atomic E-state index is 13.1. The number of hydrogen-bond donors (Lipinski definition) is 1. The van der Waals surface area contributed by atoms with Gasteiger partial charge in [-0.1, -0.05) is 5.16 Å². The maximum Gasteiger partial charge on any atom is 0.350 e. The summed E-state index contributed by atoms with van der Waals surface area (Å²) in [6.07, 6.45) is 2.20. The van der Waals surface area contributed by atoms with Gasteiger partial charge in [-0.2, -0.15) is 0 Å². The molecule has 2 N–H and O–H groups in total. The zero-order valence-corrected chi connectivity index (χ0v) is 16.0. The van der Waals surface area contributed by atoms with E-state index in [4.69, 9.17) is 15.0 Å². The Morgan fingerprint density at radius 2 is 2.07 bits per heavy atom. The van der Waals surface area contributed by atoms with E-state index in [0.29, 0.717) is 40.6 Å². The van der Waals surface area contributed by atoms with Crippen molar-refractivity contribution in [1.29, 1.82) is 0 Å². The van der Waals surface area contributed by atoms with E-state index in [1.165, 1.54) is 23.5 Å². The molecule has 0 atom stereocenters. The minimum Gasteiger partial charge on any atom is -0.451 e. The van der Waals surface area contributed by atoms with Crippen LogP contribution in [0.4, 0.5) is 4.39 Å². The Morgan fingerprint density at radius 3 is 2.75 bits per heavy atom. The first-order chi connectivity index (χ1) is 13.3. The summed E-state index contributed by atoms with van der Waals surface area (Å²) in [5.74, 6) is -1.15. The molecule has 3 aromatic heterocycles. The molecular formula is C18H17FN4O4S. The molecule has 0 saturated carbocycles. The molecule has 0 aliphatic heterocycles. The Bertz CT molecular complexity index is 1010. The van der Waals surface area contributed by atoms with Crippen LogP contribution in [0.3, 0.4) is 0 Å². The van der Waals surface area contributed by atoms with E-state index in [1.54, 1.807) is 13.8 Å². The van der Waals surface area contributed by atoms with Gasteiger partial charge >= 0.3 is 5.97 Å². The Balaban J connectivity index is 1.74. The molecule has 0 spiro atoms. The first-order valence-corrected chi connectivity index (χ1v) is 9.15. The first-order valence-electron chi connectivity index (χ1n) is 8.34. The van der Waals surface area contributed by atoms with Gasteiger partial charge in [-0.05, 0) is 32.4 Å². The predicted molar refractivity (Wildman–Crippen MR) is 98.2 cm³/mol. The number of rotatable bonds is 7. The molecule has 10 heteroatoms. The minimum absolute atomic E-state index is 0.332. The monoisotopic (exact) mass is 404 g/mol. The van der Waals surface area contributed by atoms with E-state index in [2.05, 4.69) is 15.1 Å². The SMILES string of the molecule is Cc1nc(CCc2c(-c3ccc(F)cn3)noc2C)sc1C(=O)OCC(N)=O. The Labute approximate surface area is 163 Å². The van der Waals surface area contributed by atoms with Crippen LogP contribution in [-0.4, -0.2) is 33.6 Å². The highest BCUT2D eigenvalue weighted by Crippen LogP contribution is 2.27. The molecule has 0 aliphatic carbocycles. The number of halogens is 1. The van der Waals surface area contributed by atoms with E-state index in [9.17, 15) is 14.0 Å². The molecule has 0 bridgehead atoms. The fraction of sp³-hybridized carbons (Fsp3) is 0.278. The molecule has 0 unspecified atom stereocenters. The lowest BCUT2D eigenvalue weighted by Gasteiger charge is -2.01. The topological polar surface area (TPSA) is 121 Å². The number of ether oxygens (including phenoxy) is 1. The second-order valence-corrected chi connectivity index (χ2v) is 7.08. The lowest BCUT2D eigenvalue weighted by molar-refractivity contribution is -0.121. The van der Waals surface area contributed by atoms with Crippen molar-refractivity contribution in [3.8, 4) is 11.4 Å². The van der Waals surface area contributed by atoms with Crippen molar-refractivity contribution >= 4 is 23.2 Å². The van der Waals surface area contributed by atoms with Gasteiger partial charge < -0.3 is 15.0 Å². The van der Waals surface area contributed by atoms with Crippen molar-refractivity contribution in [3.05, 3.63) is 51.0 Å². The normalized spacial score (nSPS) is 10.8. The minimum atomic E-state index is -0.722. The largest absolute Gasteiger partial charge is 0.451 e. The number of primary amides is 1. The number of thiazole rings is 1. The van der Waals surface area contributed by atoms with Crippen molar-refractivity contribution < 1.29 is 23.2 Å². The molecule has 3 heterocycles. The molecule has 28 heavy (non-hydrogen) atoms. The first kappa shape index (κ1) is 19.6. The van der Waals surface area contributed by atoms with Crippen molar-refractivity contribution in [3.63, 3.8) is 0 Å². The van der Waals surface area contributed by atoms with E-state index < -0.39 is 24.3 Å². The maximum atomic E-state index is 13.1. The second kappa shape index (κ2) is 8.26. The van der Waals surface area contributed by atoms with Crippen molar-refractivity contribution in [2.24, 2.45) is 5.73 Å². The van der Waals surface area contributed by atoms with Crippen molar-refractivity contribution in [2.75, 3.05) is 6.61 Å². The van der Waals surface area contributed by atoms with Gasteiger partial charge in [-0.15, -0.1) is 11.3 Å². The zero-order chi connectivity index (χ0) is 20.3. The number of aryl methyl sites for hydroxylation is 3. The summed E-state index contributed by atoms with van der Waals surface area (Å²) in [7, 11) is 0. The Morgan fingerprint density at radius 1 is 1.29 bits per heavy atom. The van der Waals surface area contributed by atoms with Gasteiger partial charge in [-0.3, -0.25) is 9.78 Å². The number of amides is 1. The highest BCUT2D eigenvalue weighted by molar-refractivity contribution is 7.13. The summed E-state index contributed by atoms with van der Waals surface area (Å²) in [6.45, 7) is 3.01. The molecule has 0 aliphatic rings. The smallest absolute Gasteiger partial charge is 0.350 e. The molecule has 8 nitrogen and oxygen atoms in total. The number of hydrogen-bond acceptors (Lipinski definition) is 8. The molecule has 146 valence electrons. The van der Waals surface area contributed by atoms with Gasteiger partial charge in [0.05, 0.1) is 22.6 Å². The predicted octanol–water partition coefficient (Wildman–Crippen LogP) is 2.38. The highest BCUT2D eigenvalue weighted by Gasteiger charge is 2.20. The number of esters is 1. The molecule has 0 aromatic carbocycles. The van der Waals surface area contributed by atoms with Crippen LogP contribution in [0, 0.1) is 19.7 Å². The van der Waals surface area contributed by atoms with Crippen LogP contribution in [0.1, 0.15) is 31.7 Å². The molecule has 1 amide bonds. The average Bonchev–Trinajstić information content (AvgIpc) is 3.21. The van der Waals surface area contributed by atoms with Crippen LogP contribution in [0.15, 0.2) is 22.9 Å². The van der Waals surface area contributed by atoms with Crippen LogP contribution in [-0.2, 0) is 22.4 Å². The van der Waals surface area contributed by atoms with Crippen LogP contribution >= 0.6 is 11.3 Å². The van der Waals surface area contributed by atoms with Crippen molar-refractivity contribution in [2.45, 2.75) is 26.7 Å². The number of nitrogens with two attached hydrogens (primary N) is 1. The zero-order valence-electron chi connectivity index (χ0n) is 15.2. The molecule has 0 radical (unpaired) electrons. The Hall–Kier alpha value is -3.14. The third-order valence-corrected chi connectivity index (χ3v) is 5.11. The van der Waals surface area contributed by atoms with Gasteiger partial charge in [0, 0.05) is 12.0 Å². The summed E-state index contributed by atoms with van der Waals surface area (Å²) in [4.78, 5) is 31.5. The fourth-order valence-electron chi connectivity index (χ4n) is 2.59. The molecule has 3 aromatic rings. The van der Waals surface area contributed by atoms with E-state index in [0.717, 1.165) is 16.8 Å². The number of carbonyl (C=O) groups is 2. The number of carbonyl (C=O) groups excluding carboxylic acids is 2. The van der Waals surface area contributed by atoms with Crippen LogP contribution in [0.5, 0.6) is 0 Å². The van der Waals surface area contributed by atoms with Crippen LogP contribution < -0.4 is 5.73 Å². The number of nitrogens with zero attached hydrogens (tertiary/aromatic N) is 3. The standard InChI is InChI=1S/C18H17FN4O4S/c1-9-17(18(25)26-8-14(20)24)28-15(22-9)6-4-12-10(2)27-23-16(12)13-5-3-11(19)7-21-13/h3,5,7H,4,6,8H2,1-2H3,(H2,20,24). The summed E-state index contributed by atoms with van der Waals surface area (Å²) in [6, 6.07) is 2.85. The summed E-state index contributed by atoms with van der Waals surface area (Å²) in [5, 5.41) is 4.75. The summed E-state index contributed by atoms with van der Waals surface area (Å²) in [5.41, 5.74) is 7.40. The average molecular weight is 404 g/mol. The quantitative estimate of drug-likeness (QED) is 0.600. The number of aromatic nitrogens is 3. The molecule has 0 saturated heterocycles. The lowest BCUT2D eigenvalue weighted by Crippen LogP contribution is -2.20. The Kier molecular flexibility index (Phi) is 5.78. The fourth-order valence-corrected chi connectivity index (χ4v) is 3.54. The summed E-state index contributed by atoms with van der Waals surface area (Å²) < 4.78 is 23.2. The van der Waals surface area contributed by atoms with Gasteiger partial charge in [0.1, 0.15) is 22.1 Å². The van der Waals surface area contributed by atoms with E-state index >= 15 is 0 Å². The van der Waals surface area contributed by atoms with Crippen molar-refractivity contribution in [1.82, 2.24) is 15.1 Å². The number of pyridine rings is 1. The molecular weight excluding hydrogens is 387 g/mol. The molecule has 3 rings (SSSR count). The van der Waals surface area contributed by atoms with Crippen LogP contribution in [0.25, 0.3) is 11.4 Å². The highest BCUT2D eigenvalue weighted by atomic mass is 32.1. The summed E-state index contributed by atoms with van der Waals surface area (Å²) >= 11 is 1.20. The lowest BCUT2D eigenvalue weighted by atomic mass is 10.1. The molecule has 0 fully saturated rings. The van der Waals surface area contributed by atoms with Gasteiger partial charge in [0.25, 0.3) is 5.91 Å². The van der Waals surface area contributed by atoms with Gasteiger partial charge in [0.15, 0.2) is 6.61 Å². The third-order valence-electron chi connectivity index (χ3n) is 3.92. The van der Waals surface area contributed by atoms with Gasteiger partial charge in [0.2, 0.25) is 0 Å².